The summed E-state index contributed by atoms with van der Waals surface area (Å²) in [6.07, 6.45) is 2.39. The van der Waals surface area contributed by atoms with Crippen molar-refractivity contribution in [3.05, 3.63) is 11.8 Å². The van der Waals surface area contributed by atoms with Crippen molar-refractivity contribution in [2.75, 3.05) is 49.6 Å². The number of hydrogen-bond donors (Lipinski definition) is 2. The molecule has 0 bridgehead atoms. The number of aryl methyl sites for hydroxylation is 1. The second kappa shape index (κ2) is 8.93. The molecule has 1 aliphatic carbocycles. The highest BCUT2D eigenvalue weighted by molar-refractivity contribution is 5.84. The Morgan fingerprint density at radius 1 is 1.23 bits per heavy atom. The van der Waals surface area contributed by atoms with Crippen molar-refractivity contribution in [2.45, 2.75) is 32.6 Å². The monoisotopic (exact) mass is 361 g/mol. The number of morpholine rings is 1. The molecule has 1 amide bonds. The standard InChI is InChI=1S/C18H27N5O3/c1-13-12-16(23-8-10-26-11-9-23)22-18(21-13)20-7-6-19-17(25)14-2-4-15(24)5-3-14/h12,14H,2-11H2,1H3,(H,19,25)(H,20,21,22). The molecule has 2 heterocycles. The lowest BCUT2D eigenvalue weighted by Gasteiger charge is -2.28. The number of aromatic nitrogens is 2. The van der Waals surface area contributed by atoms with E-state index in [1.54, 1.807) is 0 Å². The summed E-state index contributed by atoms with van der Waals surface area (Å²) in [6.45, 7) is 6.10. The van der Waals surface area contributed by atoms with Gasteiger partial charge in [-0.25, -0.2) is 4.98 Å². The van der Waals surface area contributed by atoms with Crippen LogP contribution in [0.3, 0.4) is 0 Å². The van der Waals surface area contributed by atoms with Gasteiger partial charge >= 0.3 is 0 Å². The van der Waals surface area contributed by atoms with E-state index in [1.807, 2.05) is 13.0 Å². The zero-order valence-electron chi connectivity index (χ0n) is 15.3. The molecular weight excluding hydrogens is 334 g/mol. The van der Waals surface area contributed by atoms with E-state index >= 15 is 0 Å². The minimum atomic E-state index is -0.0316. The third-order valence-electron chi connectivity index (χ3n) is 4.80. The van der Waals surface area contributed by atoms with Crippen LogP contribution in [0.2, 0.25) is 0 Å². The molecule has 0 unspecified atom stereocenters. The fraction of sp³-hybridized carbons (Fsp3) is 0.667. The molecule has 142 valence electrons. The summed E-state index contributed by atoms with van der Waals surface area (Å²) < 4.78 is 5.38. The number of nitrogens with one attached hydrogen (secondary N) is 2. The molecule has 1 saturated heterocycles. The Morgan fingerprint density at radius 3 is 2.69 bits per heavy atom. The maximum Gasteiger partial charge on any atom is 0.224 e. The summed E-state index contributed by atoms with van der Waals surface area (Å²) >= 11 is 0. The first-order valence-corrected chi connectivity index (χ1v) is 9.33. The average Bonchev–Trinajstić information content (AvgIpc) is 2.66. The lowest BCUT2D eigenvalue weighted by molar-refractivity contribution is -0.128. The minimum Gasteiger partial charge on any atom is -0.378 e. The number of carbonyl (C=O) groups is 2. The van der Waals surface area contributed by atoms with E-state index in [0.29, 0.717) is 57.9 Å². The van der Waals surface area contributed by atoms with Crippen LogP contribution >= 0.6 is 0 Å². The van der Waals surface area contributed by atoms with Crippen LogP contribution < -0.4 is 15.5 Å². The summed E-state index contributed by atoms with van der Waals surface area (Å²) in [7, 11) is 0. The summed E-state index contributed by atoms with van der Waals surface area (Å²) in [6, 6.07) is 1.97. The quantitative estimate of drug-likeness (QED) is 0.727. The van der Waals surface area contributed by atoms with Gasteiger partial charge in [-0.2, -0.15) is 4.98 Å². The second-order valence-corrected chi connectivity index (χ2v) is 6.82. The van der Waals surface area contributed by atoms with Crippen molar-refractivity contribution < 1.29 is 14.3 Å². The number of ketones is 1. The van der Waals surface area contributed by atoms with Gasteiger partial charge in [0.05, 0.1) is 13.2 Å². The van der Waals surface area contributed by atoms with Crippen LogP contribution in [0.1, 0.15) is 31.4 Å². The maximum atomic E-state index is 12.1. The summed E-state index contributed by atoms with van der Waals surface area (Å²) in [4.78, 5) is 34.6. The van der Waals surface area contributed by atoms with E-state index in [9.17, 15) is 9.59 Å². The van der Waals surface area contributed by atoms with Crippen molar-refractivity contribution in [1.82, 2.24) is 15.3 Å². The van der Waals surface area contributed by atoms with Crippen LogP contribution in [0.4, 0.5) is 11.8 Å². The fourth-order valence-corrected chi connectivity index (χ4v) is 3.29. The molecule has 8 nitrogen and oxygen atoms in total. The van der Waals surface area contributed by atoms with Crippen LogP contribution in [0.25, 0.3) is 0 Å². The third kappa shape index (κ3) is 5.14. The van der Waals surface area contributed by atoms with Crippen molar-refractivity contribution in [1.29, 1.82) is 0 Å². The molecule has 8 heteroatoms. The number of ether oxygens (including phenoxy) is 1. The molecule has 2 fully saturated rings. The molecule has 0 radical (unpaired) electrons. The van der Waals surface area contributed by atoms with E-state index in [-0.39, 0.29) is 17.6 Å². The van der Waals surface area contributed by atoms with Gasteiger partial charge in [0.15, 0.2) is 0 Å². The molecule has 1 aromatic heterocycles. The number of anilines is 2. The highest BCUT2D eigenvalue weighted by Crippen LogP contribution is 2.21. The largest absolute Gasteiger partial charge is 0.378 e. The lowest BCUT2D eigenvalue weighted by atomic mass is 9.88. The van der Waals surface area contributed by atoms with Gasteiger partial charge in [-0.1, -0.05) is 0 Å². The first-order valence-electron chi connectivity index (χ1n) is 9.33. The number of hydrogen-bond acceptors (Lipinski definition) is 7. The lowest BCUT2D eigenvalue weighted by Crippen LogP contribution is -2.37. The molecule has 26 heavy (non-hydrogen) atoms. The van der Waals surface area contributed by atoms with Gasteiger partial charge in [-0.15, -0.1) is 0 Å². The summed E-state index contributed by atoms with van der Waals surface area (Å²) in [5.41, 5.74) is 0.903. The highest BCUT2D eigenvalue weighted by Gasteiger charge is 2.24. The molecule has 1 saturated carbocycles. The normalized spacial score (nSPS) is 18.7. The number of Topliss-reactive ketones (excluding diaryl/α,β-unsaturated/α-hetero) is 1. The molecule has 2 aliphatic rings. The molecule has 1 aliphatic heterocycles. The van der Waals surface area contributed by atoms with Gasteiger partial charge in [0.1, 0.15) is 11.6 Å². The summed E-state index contributed by atoms with van der Waals surface area (Å²) in [5, 5.41) is 6.12. The van der Waals surface area contributed by atoms with E-state index < -0.39 is 0 Å². The Kier molecular flexibility index (Phi) is 6.38. The Bertz CT molecular complexity index is 636. The smallest absolute Gasteiger partial charge is 0.224 e. The van der Waals surface area contributed by atoms with Crippen LogP contribution in [0, 0.1) is 12.8 Å². The van der Waals surface area contributed by atoms with E-state index in [2.05, 4.69) is 25.5 Å². The van der Waals surface area contributed by atoms with Crippen molar-refractivity contribution in [3.63, 3.8) is 0 Å². The first kappa shape index (κ1) is 18.6. The van der Waals surface area contributed by atoms with Gasteiger partial charge in [-0.3, -0.25) is 9.59 Å². The molecule has 1 aromatic rings. The zero-order chi connectivity index (χ0) is 18.4. The first-order chi connectivity index (χ1) is 12.6. The molecule has 0 spiro atoms. The van der Waals surface area contributed by atoms with Crippen LogP contribution in [0.15, 0.2) is 6.07 Å². The van der Waals surface area contributed by atoms with Gasteiger partial charge < -0.3 is 20.3 Å². The van der Waals surface area contributed by atoms with Crippen molar-refractivity contribution in [2.24, 2.45) is 5.92 Å². The van der Waals surface area contributed by atoms with Gasteiger partial charge in [0, 0.05) is 56.7 Å². The molecule has 0 aromatic carbocycles. The van der Waals surface area contributed by atoms with Crippen LogP contribution in [-0.4, -0.2) is 61.1 Å². The molecule has 0 atom stereocenters. The van der Waals surface area contributed by atoms with Gasteiger partial charge in [0.25, 0.3) is 0 Å². The highest BCUT2D eigenvalue weighted by atomic mass is 16.5. The van der Waals surface area contributed by atoms with Crippen molar-refractivity contribution >= 4 is 23.5 Å². The van der Waals surface area contributed by atoms with Crippen LogP contribution in [0.5, 0.6) is 0 Å². The minimum absolute atomic E-state index is 0.0316. The van der Waals surface area contributed by atoms with E-state index in [1.165, 1.54) is 0 Å². The average molecular weight is 361 g/mol. The molecule has 3 rings (SSSR count). The topological polar surface area (TPSA) is 96.5 Å². The van der Waals surface area contributed by atoms with Gasteiger partial charge in [0.2, 0.25) is 11.9 Å². The Hall–Kier alpha value is -2.22. The third-order valence-corrected chi connectivity index (χ3v) is 4.80. The molecular formula is C18H27N5O3. The Balaban J connectivity index is 1.45. The second-order valence-electron chi connectivity index (χ2n) is 6.82. The van der Waals surface area contributed by atoms with Gasteiger partial charge in [-0.05, 0) is 19.8 Å². The SMILES string of the molecule is Cc1cc(N2CCOCC2)nc(NCCNC(=O)C2CCC(=O)CC2)n1. The Morgan fingerprint density at radius 2 is 1.96 bits per heavy atom. The fourth-order valence-electron chi connectivity index (χ4n) is 3.29. The Labute approximate surface area is 153 Å². The van der Waals surface area contributed by atoms with E-state index in [4.69, 9.17) is 4.74 Å². The number of nitrogens with zero attached hydrogens (tertiary/aromatic N) is 3. The summed E-state index contributed by atoms with van der Waals surface area (Å²) in [5.74, 6) is 1.75. The maximum absolute atomic E-state index is 12.1. The predicted octanol–water partition coefficient (Wildman–Crippen LogP) is 0.909. The number of amides is 1. The van der Waals surface area contributed by atoms with E-state index in [0.717, 1.165) is 24.6 Å². The zero-order valence-corrected chi connectivity index (χ0v) is 15.3. The number of rotatable bonds is 6. The van der Waals surface area contributed by atoms with Crippen molar-refractivity contribution in [3.8, 4) is 0 Å². The predicted molar refractivity (Wildman–Crippen MR) is 98.3 cm³/mol. The molecule has 2 N–H and O–H groups in total. The number of carbonyl (C=O) groups excluding carboxylic acids is 2. The van der Waals surface area contributed by atoms with Crippen LogP contribution in [-0.2, 0) is 14.3 Å².